The fourth-order valence-electron chi connectivity index (χ4n) is 2.38. The molecule has 0 saturated heterocycles. The molecule has 0 aliphatic heterocycles. The summed E-state index contributed by atoms with van der Waals surface area (Å²) in [5.41, 5.74) is 0.618. The smallest absolute Gasteiger partial charge is 0.306 e. The molecule has 0 amide bonds. The van der Waals surface area contributed by atoms with E-state index in [0.29, 0.717) is 24.4 Å². The molecule has 1 unspecified atom stereocenters. The van der Waals surface area contributed by atoms with Crippen molar-refractivity contribution in [1.29, 1.82) is 0 Å². The summed E-state index contributed by atoms with van der Waals surface area (Å²) in [6.07, 6.45) is 6.05. The molecule has 1 atom stereocenters. The second-order valence-corrected chi connectivity index (χ2v) is 4.13. The Hall–Kier alpha value is -0.530. The van der Waals surface area contributed by atoms with Gasteiger partial charge in [0.2, 0.25) is 0 Å². The number of hydrogen-bond acceptors (Lipinski definition) is 2. The molecule has 0 bridgehead atoms. The first kappa shape index (κ1) is 8.09. The van der Waals surface area contributed by atoms with Crippen LogP contribution in [-0.2, 0) is 9.53 Å². The van der Waals surface area contributed by atoms with Crippen molar-refractivity contribution in [3.63, 3.8) is 0 Å². The highest BCUT2D eigenvalue weighted by atomic mass is 16.5. The minimum atomic E-state index is 0.00581. The molecule has 2 rings (SSSR count). The lowest BCUT2D eigenvalue weighted by Gasteiger charge is -2.26. The molecule has 0 aromatic rings. The summed E-state index contributed by atoms with van der Waals surface area (Å²) in [5, 5.41) is 0. The summed E-state index contributed by atoms with van der Waals surface area (Å²) < 4.78 is 4.92. The Morgan fingerprint density at radius 2 is 2.33 bits per heavy atom. The molecule has 2 saturated carbocycles. The van der Waals surface area contributed by atoms with Gasteiger partial charge in [0, 0.05) is 6.42 Å². The highest BCUT2D eigenvalue weighted by Gasteiger charge is 2.57. The SMILES string of the molecule is CCOC(=O)CC1CC12CCC2. The average Bonchev–Trinajstić information content (AvgIpc) is 2.62. The van der Waals surface area contributed by atoms with Gasteiger partial charge in [-0.05, 0) is 37.5 Å². The van der Waals surface area contributed by atoms with Crippen molar-refractivity contribution in [3.05, 3.63) is 0 Å². The number of ether oxygens (including phenoxy) is 1. The van der Waals surface area contributed by atoms with Gasteiger partial charge in [0.05, 0.1) is 6.61 Å². The third kappa shape index (κ3) is 1.23. The number of rotatable bonds is 3. The molecule has 1 spiro atoms. The van der Waals surface area contributed by atoms with E-state index < -0.39 is 0 Å². The van der Waals surface area contributed by atoms with Crippen molar-refractivity contribution >= 4 is 5.97 Å². The van der Waals surface area contributed by atoms with Gasteiger partial charge in [-0.15, -0.1) is 0 Å². The zero-order chi connectivity index (χ0) is 8.60. The van der Waals surface area contributed by atoms with Crippen molar-refractivity contribution in [3.8, 4) is 0 Å². The van der Waals surface area contributed by atoms with E-state index in [-0.39, 0.29) is 5.97 Å². The molecule has 2 aliphatic carbocycles. The van der Waals surface area contributed by atoms with Gasteiger partial charge in [-0.25, -0.2) is 0 Å². The third-order valence-corrected chi connectivity index (χ3v) is 3.43. The Labute approximate surface area is 73.3 Å². The molecule has 2 nitrogen and oxygen atoms in total. The fraction of sp³-hybridized carbons (Fsp3) is 0.900. The highest BCUT2D eigenvalue weighted by molar-refractivity contribution is 5.70. The fourth-order valence-corrected chi connectivity index (χ4v) is 2.38. The van der Waals surface area contributed by atoms with Crippen molar-refractivity contribution in [2.75, 3.05) is 6.61 Å². The number of esters is 1. The Kier molecular flexibility index (Phi) is 1.85. The largest absolute Gasteiger partial charge is 0.466 e. The topological polar surface area (TPSA) is 26.3 Å². The Bertz CT molecular complexity index is 194. The molecule has 2 fully saturated rings. The Morgan fingerprint density at radius 1 is 1.58 bits per heavy atom. The first-order valence-electron chi connectivity index (χ1n) is 4.92. The molecule has 2 heteroatoms. The summed E-state index contributed by atoms with van der Waals surface area (Å²) in [5.74, 6) is 0.677. The summed E-state index contributed by atoms with van der Waals surface area (Å²) in [6.45, 7) is 2.39. The predicted octanol–water partition coefficient (Wildman–Crippen LogP) is 2.13. The summed E-state index contributed by atoms with van der Waals surface area (Å²) >= 11 is 0. The van der Waals surface area contributed by atoms with Crippen LogP contribution in [0.2, 0.25) is 0 Å². The number of carbonyl (C=O) groups excluding carboxylic acids is 1. The van der Waals surface area contributed by atoms with Crippen LogP contribution in [0, 0.1) is 11.3 Å². The monoisotopic (exact) mass is 168 g/mol. The van der Waals surface area contributed by atoms with Crippen LogP contribution in [0.5, 0.6) is 0 Å². The molecule has 2 aliphatic rings. The second-order valence-electron chi connectivity index (χ2n) is 4.13. The van der Waals surface area contributed by atoms with Gasteiger partial charge in [-0.3, -0.25) is 4.79 Å². The lowest BCUT2D eigenvalue weighted by molar-refractivity contribution is -0.143. The third-order valence-electron chi connectivity index (χ3n) is 3.43. The molecule has 0 aromatic carbocycles. The second kappa shape index (κ2) is 2.75. The van der Waals surface area contributed by atoms with Crippen LogP contribution in [0.1, 0.15) is 39.0 Å². The van der Waals surface area contributed by atoms with E-state index >= 15 is 0 Å². The zero-order valence-electron chi connectivity index (χ0n) is 7.64. The predicted molar refractivity (Wildman–Crippen MR) is 45.6 cm³/mol. The van der Waals surface area contributed by atoms with E-state index in [9.17, 15) is 4.79 Å². The molecule has 0 aromatic heterocycles. The lowest BCUT2D eigenvalue weighted by atomic mass is 9.79. The van der Waals surface area contributed by atoms with Crippen molar-refractivity contribution < 1.29 is 9.53 Å². The first-order valence-corrected chi connectivity index (χ1v) is 4.92. The van der Waals surface area contributed by atoms with E-state index in [0.717, 1.165) is 0 Å². The molecule has 0 radical (unpaired) electrons. The maximum atomic E-state index is 11.1. The summed E-state index contributed by atoms with van der Waals surface area (Å²) in [7, 11) is 0. The zero-order valence-corrected chi connectivity index (χ0v) is 7.64. The molecule has 68 valence electrons. The Balaban J connectivity index is 1.72. The van der Waals surface area contributed by atoms with Gasteiger partial charge < -0.3 is 4.74 Å². The van der Waals surface area contributed by atoms with Crippen LogP contribution in [-0.4, -0.2) is 12.6 Å². The van der Waals surface area contributed by atoms with Crippen LogP contribution in [0.15, 0.2) is 0 Å². The minimum absolute atomic E-state index is 0.00581. The van der Waals surface area contributed by atoms with E-state index in [1.54, 1.807) is 0 Å². The van der Waals surface area contributed by atoms with Gasteiger partial charge in [-0.1, -0.05) is 6.42 Å². The van der Waals surface area contributed by atoms with Gasteiger partial charge in [0.15, 0.2) is 0 Å². The lowest BCUT2D eigenvalue weighted by Crippen LogP contribution is -2.16. The summed E-state index contributed by atoms with van der Waals surface area (Å²) in [4.78, 5) is 11.1. The highest BCUT2D eigenvalue weighted by Crippen LogP contribution is 2.66. The van der Waals surface area contributed by atoms with Gasteiger partial charge in [0.25, 0.3) is 0 Å². The Morgan fingerprint density at radius 3 is 2.75 bits per heavy atom. The van der Waals surface area contributed by atoms with Gasteiger partial charge in [-0.2, -0.15) is 0 Å². The van der Waals surface area contributed by atoms with Crippen molar-refractivity contribution in [1.82, 2.24) is 0 Å². The molecule has 0 heterocycles. The van der Waals surface area contributed by atoms with Crippen LogP contribution in [0.4, 0.5) is 0 Å². The minimum Gasteiger partial charge on any atom is -0.466 e. The van der Waals surface area contributed by atoms with E-state index in [4.69, 9.17) is 4.74 Å². The van der Waals surface area contributed by atoms with Crippen LogP contribution in [0.25, 0.3) is 0 Å². The van der Waals surface area contributed by atoms with Crippen molar-refractivity contribution in [2.45, 2.75) is 39.0 Å². The van der Waals surface area contributed by atoms with Crippen LogP contribution in [0.3, 0.4) is 0 Å². The average molecular weight is 168 g/mol. The van der Waals surface area contributed by atoms with Crippen LogP contribution >= 0.6 is 0 Å². The van der Waals surface area contributed by atoms with E-state index in [2.05, 4.69) is 0 Å². The number of carbonyl (C=O) groups is 1. The normalized spacial score (nSPS) is 29.6. The molecule has 12 heavy (non-hydrogen) atoms. The maximum Gasteiger partial charge on any atom is 0.306 e. The van der Waals surface area contributed by atoms with Gasteiger partial charge in [0.1, 0.15) is 0 Å². The molecular weight excluding hydrogens is 152 g/mol. The van der Waals surface area contributed by atoms with Crippen molar-refractivity contribution in [2.24, 2.45) is 11.3 Å². The number of hydrogen-bond donors (Lipinski definition) is 0. The summed E-state index contributed by atoms with van der Waals surface area (Å²) in [6, 6.07) is 0. The first-order chi connectivity index (χ1) is 5.77. The van der Waals surface area contributed by atoms with E-state index in [1.165, 1.54) is 25.7 Å². The standard InChI is InChI=1S/C10H16O2/c1-2-12-9(11)6-8-7-10(8)4-3-5-10/h8H,2-7H2,1H3. The maximum absolute atomic E-state index is 11.1. The molecular formula is C10H16O2. The van der Waals surface area contributed by atoms with Gasteiger partial charge >= 0.3 is 5.97 Å². The van der Waals surface area contributed by atoms with E-state index in [1.807, 2.05) is 6.92 Å². The van der Waals surface area contributed by atoms with Crippen LogP contribution < -0.4 is 0 Å². The molecule has 0 N–H and O–H groups in total. The quantitative estimate of drug-likeness (QED) is 0.603.